The number of rotatable bonds is 4. The van der Waals surface area contributed by atoms with Crippen LogP contribution in [0.5, 0.6) is 0 Å². The predicted molar refractivity (Wildman–Crippen MR) is 73.3 cm³/mol. The van der Waals surface area contributed by atoms with E-state index in [4.69, 9.17) is 0 Å². The van der Waals surface area contributed by atoms with E-state index in [-0.39, 0.29) is 17.8 Å². The van der Waals surface area contributed by atoms with Gasteiger partial charge < -0.3 is 5.11 Å². The largest absolute Gasteiger partial charge is 0.481 e. The van der Waals surface area contributed by atoms with Crippen molar-refractivity contribution >= 4 is 11.7 Å². The van der Waals surface area contributed by atoms with Gasteiger partial charge in [0.15, 0.2) is 0 Å². The number of hydrogen-bond donors (Lipinski definition) is 1. The van der Waals surface area contributed by atoms with Gasteiger partial charge in [0.05, 0.1) is 10.3 Å². The first-order valence-electron chi connectivity index (χ1n) is 6.70. The Hall–Kier alpha value is -2.02. The van der Waals surface area contributed by atoms with E-state index in [2.05, 4.69) is 0 Å². The summed E-state index contributed by atoms with van der Waals surface area (Å²) < 4.78 is 13.3. The van der Waals surface area contributed by atoms with Crippen molar-refractivity contribution in [1.82, 2.24) is 4.90 Å². The van der Waals surface area contributed by atoms with Gasteiger partial charge in [-0.2, -0.15) is 0 Å². The highest BCUT2D eigenvalue weighted by atomic mass is 19.1. The molecular weight excluding hydrogens is 279 g/mol. The summed E-state index contributed by atoms with van der Waals surface area (Å²) in [4.78, 5) is 23.6. The zero-order valence-corrected chi connectivity index (χ0v) is 11.7. The SMILES string of the molecule is CC1(C(=O)O)CCCN(Cc2cc(F)ccc2[N+](=O)[O-])C1. The molecule has 1 unspecified atom stereocenters. The molecule has 0 radical (unpaired) electrons. The summed E-state index contributed by atoms with van der Waals surface area (Å²) in [6.45, 7) is 2.80. The fraction of sp³-hybridized carbons (Fsp3) is 0.500. The highest BCUT2D eigenvalue weighted by molar-refractivity contribution is 5.74. The highest BCUT2D eigenvalue weighted by Gasteiger charge is 2.38. The first-order valence-corrected chi connectivity index (χ1v) is 6.70. The van der Waals surface area contributed by atoms with E-state index in [1.54, 1.807) is 6.92 Å². The van der Waals surface area contributed by atoms with E-state index in [1.165, 1.54) is 0 Å². The first-order chi connectivity index (χ1) is 9.82. The van der Waals surface area contributed by atoms with Crippen LogP contribution >= 0.6 is 0 Å². The molecule has 6 nitrogen and oxygen atoms in total. The van der Waals surface area contributed by atoms with Gasteiger partial charge in [0.1, 0.15) is 5.82 Å². The predicted octanol–water partition coefficient (Wildman–Crippen LogP) is 2.42. The monoisotopic (exact) mass is 296 g/mol. The van der Waals surface area contributed by atoms with Crippen LogP contribution in [0.1, 0.15) is 25.3 Å². The van der Waals surface area contributed by atoms with Crippen molar-refractivity contribution < 1.29 is 19.2 Å². The van der Waals surface area contributed by atoms with E-state index >= 15 is 0 Å². The molecule has 0 aromatic heterocycles. The molecule has 1 atom stereocenters. The Kier molecular flexibility index (Phi) is 4.22. The van der Waals surface area contributed by atoms with E-state index in [0.29, 0.717) is 25.9 Å². The number of nitrogens with zero attached hydrogens (tertiary/aromatic N) is 2. The zero-order chi connectivity index (χ0) is 15.6. The van der Waals surface area contributed by atoms with Crippen molar-refractivity contribution in [2.75, 3.05) is 13.1 Å². The van der Waals surface area contributed by atoms with E-state index in [0.717, 1.165) is 18.2 Å². The number of nitro groups is 1. The lowest BCUT2D eigenvalue weighted by Gasteiger charge is -2.37. The highest BCUT2D eigenvalue weighted by Crippen LogP contribution is 2.31. The van der Waals surface area contributed by atoms with Crippen LogP contribution in [0.2, 0.25) is 0 Å². The molecular formula is C14H17FN2O4. The van der Waals surface area contributed by atoms with Gasteiger partial charge in [-0.25, -0.2) is 4.39 Å². The minimum absolute atomic E-state index is 0.140. The van der Waals surface area contributed by atoms with Crippen molar-refractivity contribution in [3.05, 3.63) is 39.7 Å². The van der Waals surface area contributed by atoms with Gasteiger partial charge in [-0.1, -0.05) is 0 Å². The number of carbonyl (C=O) groups is 1. The summed E-state index contributed by atoms with van der Waals surface area (Å²) in [5, 5.41) is 20.3. The summed E-state index contributed by atoms with van der Waals surface area (Å²) in [5.74, 6) is -1.41. The molecule has 1 fully saturated rings. The van der Waals surface area contributed by atoms with Gasteiger partial charge in [0.2, 0.25) is 0 Å². The lowest BCUT2D eigenvalue weighted by atomic mass is 9.82. The maximum absolute atomic E-state index is 13.3. The molecule has 1 N–H and O–H groups in total. The van der Waals surface area contributed by atoms with Crippen molar-refractivity contribution in [3.63, 3.8) is 0 Å². The minimum atomic E-state index is -0.874. The first kappa shape index (κ1) is 15.4. The van der Waals surface area contributed by atoms with Crippen LogP contribution < -0.4 is 0 Å². The fourth-order valence-corrected chi connectivity index (χ4v) is 2.75. The summed E-state index contributed by atoms with van der Waals surface area (Å²) in [5.41, 5.74) is -0.728. The molecule has 0 spiro atoms. The smallest absolute Gasteiger partial charge is 0.310 e. The van der Waals surface area contributed by atoms with Gasteiger partial charge in [-0.15, -0.1) is 0 Å². The summed E-state index contributed by atoms with van der Waals surface area (Å²) in [6, 6.07) is 3.34. The second-order valence-corrected chi connectivity index (χ2v) is 5.71. The van der Waals surface area contributed by atoms with Crippen molar-refractivity contribution in [2.45, 2.75) is 26.3 Å². The number of nitro benzene ring substituents is 1. The van der Waals surface area contributed by atoms with Gasteiger partial charge in [0.25, 0.3) is 5.69 Å². The van der Waals surface area contributed by atoms with Crippen LogP contribution in [0.15, 0.2) is 18.2 Å². The van der Waals surface area contributed by atoms with Crippen LogP contribution in [0, 0.1) is 21.3 Å². The third-order valence-electron chi connectivity index (χ3n) is 3.92. The van der Waals surface area contributed by atoms with Gasteiger partial charge in [-0.3, -0.25) is 19.8 Å². The number of aliphatic carboxylic acids is 1. The average molecular weight is 296 g/mol. The van der Waals surface area contributed by atoms with Crippen molar-refractivity contribution in [1.29, 1.82) is 0 Å². The van der Waals surface area contributed by atoms with Crippen LogP contribution in [0.3, 0.4) is 0 Å². The Morgan fingerprint density at radius 1 is 1.57 bits per heavy atom. The minimum Gasteiger partial charge on any atom is -0.481 e. The third-order valence-corrected chi connectivity index (χ3v) is 3.92. The second-order valence-electron chi connectivity index (χ2n) is 5.71. The van der Waals surface area contributed by atoms with E-state index in [9.17, 15) is 24.4 Å². The lowest BCUT2D eigenvalue weighted by Crippen LogP contribution is -2.45. The Morgan fingerprint density at radius 2 is 2.29 bits per heavy atom. The summed E-state index contributed by atoms with van der Waals surface area (Å²) >= 11 is 0. The maximum atomic E-state index is 13.3. The summed E-state index contributed by atoms with van der Waals surface area (Å²) in [6.07, 6.45) is 1.27. The van der Waals surface area contributed by atoms with Crippen LogP contribution in [0.4, 0.5) is 10.1 Å². The number of hydrogen-bond acceptors (Lipinski definition) is 4. The molecule has 1 aliphatic heterocycles. The van der Waals surface area contributed by atoms with Gasteiger partial charge in [0, 0.05) is 24.7 Å². The van der Waals surface area contributed by atoms with Gasteiger partial charge in [-0.05, 0) is 38.4 Å². The van der Waals surface area contributed by atoms with Crippen LogP contribution in [-0.2, 0) is 11.3 Å². The number of carboxylic acid groups (broad SMARTS) is 1. The molecule has 0 aliphatic carbocycles. The molecule has 0 bridgehead atoms. The van der Waals surface area contributed by atoms with Crippen molar-refractivity contribution in [2.24, 2.45) is 5.41 Å². The molecule has 7 heteroatoms. The Labute approximate surface area is 121 Å². The average Bonchev–Trinajstić information content (AvgIpc) is 2.38. The Bertz CT molecular complexity index is 578. The molecule has 1 aliphatic rings. The Balaban J connectivity index is 2.20. The molecule has 114 valence electrons. The molecule has 1 saturated heterocycles. The molecule has 1 aromatic carbocycles. The molecule has 2 rings (SSSR count). The van der Waals surface area contributed by atoms with Crippen LogP contribution in [0.25, 0.3) is 0 Å². The summed E-state index contributed by atoms with van der Waals surface area (Å²) in [7, 11) is 0. The number of benzene rings is 1. The van der Waals surface area contributed by atoms with E-state index < -0.39 is 22.1 Å². The number of piperidine rings is 1. The van der Waals surface area contributed by atoms with Crippen LogP contribution in [-0.4, -0.2) is 34.0 Å². The van der Waals surface area contributed by atoms with Gasteiger partial charge >= 0.3 is 5.97 Å². The second kappa shape index (κ2) is 5.77. The number of halogens is 1. The molecule has 21 heavy (non-hydrogen) atoms. The number of carboxylic acids is 1. The third kappa shape index (κ3) is 3.36. The molecule has 0 amide bonds. The zero-order valence-electron chi connectivity index (χ0n) is 11.7. The quantitative estimate of drug-likeness (QED) is 0.681. The Morgan fingerprint density at radius 3 is 2.90 bits per heavy atom. The normalized spacial score (nSPS) is 23.0. The fourth-order valence-electron chi connectivity index (χ4n) is 2.75. The number of likely N-dealkylation sites (tertiary alicyclic amines) is 1. The standard InChI is InChI=1S/C14H17FN2O4/c1-14(13(18)19)5-2-6-16(9-14)8-10-7-11(15)3-4-12(10)17(20)21/h3-4,7H,2,5-6,8-9H2,1H3,(H,18,19). The van der Waals surface area contributed by atoms with Crippen molar-refractivity contribution in [3.8, 4) is 0 Å². The molecule has 1 heterocycles. The lowest BCUT2D eigenvalue weighted by molar-refractivity contribution is -0.385. The topological polar surface area (TPSA) is 83.7 Å². The van der Waals surface area contributed by atoms with E-state index in [1.807, 2.05) is 4.90 Å². The molecule has 0 saturated carbocycles. The maximum Gasteiger partial charge on any atom is 0.310 e. The molecule has 1 aromatic rings.